The molecule has 0 aliphatic carbocycles. The van der Waals surface area contributed by atoms with Crippen LogP contribution in [-0.4, -0.2) is 10.8 Å². The zero-order valence-corrected chi connectivity index (χ0v) is 9.25. The van der Waals surface area contributed by atoms with Gasteiger partial charge in [-0.2, -0.15) is 11.3 Å². The molecule has 0 N–H and O–H groups in total. The molecule has 0 bridgehead atoms. The average Bonchev–Trinajstić information content (AvgIpc) is 2.70. The molecule has 0 unspecified atom stereocenters. The first-order valence-electron chi connectivity index (χ1n) is 4.71. The largest absolute Gasteiger partial charge is 0.294 e. The van der Waals surface area contributed by atoms with E-state index in [1.54, 1.807) is 23.7 Å². The molecule has 2 nitrogen and oxygen atoms in total. The number of hydrogen-bond acceptors (Lipinski definition) is 3. The smallest absolute Gasteiger partial charge is 0.168 e. The van der Waals surface area contributed by atoms with Crippen LogP contribution in [0.2, 0.25) is 0 Å². The van der Waals surface area contributed by atoms with Crippen molar-refractivity contribution >= 4 is 17.1 Å². The Balaban J connectivity index is 2.15. The van der Waals surface area contributed by atoms with Crippen LogP contribution in [0, 0.1) is 6.92 Å². The van der Waals surface area contributed by atoms with E-state index in [4.69, 9.17) is 0 Å². The van der Waals surface area contributed by atoms with Crippen LogP contribution >= 0.6 is 11.3 Å². The third kappa shape index (κ3) is 2.50. The van der Waals surface area contributed by atoms with E-state index in [-0.39, 0.29) is 5.78 Å². The zero-order valence-electron chi connectivity index (χ0n) is 8.43. The minimum absolute atomic E-state index is 0.129. The predicted octanol–water partition coefficient (Wildman–Crippen LogP) is 2.88. The molecule has 0 aliphatic rings. The van der Waals surface area contributed by atoms with Crippen LogP contribution < -0.4 is 0 Å². The van der Waals surface area contributed by atoms with Gasteiger partial charge in [0, 0.05) is 24.4 Å². The van der Waals surface area contributed by atoms with Crippen molar-refractivity contribution in [2.75, 3.05) is 0 Å². The summed E-state index contributed by atoms with van der Waals surface area (Å²) >= 11 is 1.61. The molecule has 2 heterocycles. The van der Waals surface area contributed by atoms with E-state index in [0.717, 1.165) is 11.1 Å². The van der Waals surface area contributed by atoms with Crippen molar-refractivity contribution in [2.24, 2.45) is 0 Å². The summed E-state index contributed by atoms with van der Waals surface area (Å²) in [5, 5.41) is 3.98. The Morgan fingerprint density at radius 2 is 2.33 bits per heavy atom. The Hall–Kier alpha value is -1.48. The van der Waals surface area contributed by atoms with E-state index in [1.165, 1.54) is 0 Å². The minimum atomic E-state index is 0.129. The highest BCUT2D eigenvalue weighted by Gasteiger charge is 2.07. The summed E-state index contributed by atoms with van der Waals surface area (Å²) in [5.41, 5.74) is 2.79. The summed E-state index contributed by atoms with van der Waals surface area (Å²) in [7, 11) is 0. The molecule has 0 saturated carbocycles. The third-order valence-corrected chi connectivity index (χ3v) is 2.87. The normalized spacial score (nSPS) is 10.2. The van der Waals surface area contributed by atoms with Gasteiger partial charge in [-0.1, -0.05) is 0 Å². The van der Waals surface area contributed by atoms with Gasteiger partial charge in [-0.15, -0.1) is 0 Å². The van der Waals surface area contributed by atoms with Gasteiger partial charge in [-0.3, -0.25) is 9.78 Å². The van der Waals surface area contributed by atoms with Gasteiger partial charge < -0.3 is 0 Å². The van der Waals surface area contributed by atoms with E-state index < -0.39 is 0 Å². The lowest BCUT2D eigenvalue weighted by atomic mass is 10.1. The van der Waals surface area contributed by atoms with Crippen molar-refractivity contribution in [1.29, 1.82) is 0 Å². The summed E-state index contributed by atoms with van der Waals surface area (Å²) < 4.78 is 0. The average molecular weight is 217 g/mol. The van der Waals surface area contributed by atoms with Crippen LogP contribution in [0.25, 0.3) is 0 Å². The lowest BCUT2D eigenvalue weighted by molar-refractivity contribution is 0.0992. The van der Waals surface area contributed by atoms with Crippen LogP contribution in [0.1, 0.15) is 21.5 Å². The standard InChI is InChI=1S/C12H11NOS/c1-9-4-11(7-13-6-9)12(14)5-10-2-3-15-8-10/h2-4,6-8H,5H2,1H3. The second kappa shape index (κ2) is 4.36. The van der Waals surface area contributed by atoms with Crippen LogP contribution in [0.15, 0.2) is 35.3 Å². The molecule has 76 valence electrons. The molecule has 0 aliphatic heterocycles. The minimum Gasteiger partial charge on any atom is -0.294 e. The fraction of sp³-hybridized carbons (Fsp3) is 0.167. The molecule has 15 heavy (non-hydrogen) atoms. The van der Waals surface area contributed by atoms with Crippen molar-refractivity contribution in [2.45, 2.75) is 13.3 Å². The number of pyridine rings is 1. The molecule has 0 radical (unpaired) electrons. The van der Waals surface area contributed by atoms with Crippen molar-refractivity contribution in [3.05, 3.63) is 52.0 Å². The Morgan fingerprint density at radius 3 is 3.00 bits per heavy atom. The van der Waals surface area contributed by atoms with Gasteiger partial charge in [-0.25, -0.2) is 0 Å². The highest BCUT2D eigenvalue weighted by molar-refractivity contribution is 7.08. The van der Waals surface area contributed by atoms with Gasteiger partial charge in [0.25, 0.3) is 0 Å². The SMILES string of the molecule is Cc1cncc(C(=O)Cc2ccsc2)c1. The summed E-state index contributed by atoms with van der Waals surface area (Å²) in [6.07, 6.45) is 3.84. The van der Waals surface area contributed by atoms with Gasteiger partial charge >= 0.3 is 0 Å². The first-order valence-corrected chi connectivity index (χ1v) is 5.66. The molecule has 0 fully saturated rings. The summed E-state index contributed by atoms with van der Waals surface area (Å²) in [5.74, 6) is 0.129. The maximum absolute atomic E-state index is 11.8. The molecule has 0 aromatic carbocycles. The van der Waals surface area contributed by atoms with Gasteiger partial charge in [0.2, 0.25) is 0 Å². The van der Waals surface area contributed by atoms with Gasteiger partial charge in [0.05, 0.1) is 0 Å². The first kappa shape index (κ1) is 10.1. The maximum atomic E-state index is 11.8. The summed E-state index contributed by atoms with van der Waals surface area (Å²) in [6.45, 7) is 1.94. The third-order valence-electron chi connectivity index (χ3n) is 2.14. The Bertz CT molecular complexity index is 462. The molecule has 0 amide bonds. The van der Waals surface area contributed by atoms with Gasteiger partial charge in [0.15, 0.2) is 5.78 Å². The molecule has 0 spiro atoms. The summed E-state index contributed by atoms with van der Waals surface area (Å²) in [6, 6.07) is 3.85. The molecule has 0 atom stereocenters. The monoisotopic (exact) mass is 217 g/mol. The molecular weight excluding hydrogens is 206 g/mol. The topological polar surface area (TPSA) is 30.0 Å². The number of aromatic nitrogens is 1. The van der Waals surface area contributed by atoms with Gasteiger partial charge in [-0.05, 0) is 40.9 Å². The van der Waals surface area contributed by atoms with E-state index in [0.29, 0.717) is 12.0 Å². The molecule has 3 heteroatoms. The van der Waals surface area contributed by atoms with E-state index in [2.05, 4.69) is 4.98 Å². The number of carbonyl (C=O) groups excluding carboxylic acids is 1. The van der Waals surface area contributed by atoms with E-state index >= 15 is 0 Å². The van der Waals surface area contributed by atoms with Crippen LogP contribution in [0.5, 0.6) is 0 Å². The molecule has 2 rings (SSSR count). The van der Waals surface area contributed by atoms with Gasteiger partial charge in [0.1, 0.15) is 0 Å². The van der Waals surface area contributed by atoms with E-state index in [9.17, 15) is 4.79 Å². The Labute approximate surface area is 92.6 Å². The maximum Gasteiger partial charge on any atom is 0.168 e. The highest BCUT2D eigenvalue weighted by atomic mass is 32.1. The molecule has 0 saturated heterocycles. The Morgan fingerprint density at radius 1 is 1.47 bits per heavy atom. The van der Waals surface area contributed by atoms with Crippen molar-refractivity contribution in [3.63, 3.8) is 0 Å². The highest BCUT2D eigenvalue weighted by Crippen LogP contribution is 2.11. The van der Waals surface area contributed by atoms with Crippen molar-refractivity contribution < 1.29 is 4.79 Å². The van der Waals surface area contributed by atoms with Crippen molar-refractivity contribution in [1.82, 2.24) is 4.98 Å². The fourth-order valence-corrected chi connectivity index (χ4v) is 2.06. The number of thiophene rings is 1. The molecular formula is C12H11NOS. The van der Waals surface area contributed by atoms with Crippen LogP contribution in [0.3, 0.4) is 0 Å². The number of nitrogens with zero attached hydrogens (tertiary/aromatic N) is 1. The molecule has 2 aromatic rings. The number of Topliss-reactive ketones (excluding diaryl/α,β-unsaturated/α-hetero) is 1. The lowest BCUT2D eigenvalue weighted by Crippen LogP contribution is -2.03. The first-order chi connectivity index (χ1) is 7.25. The number of hydrogen-bond donors (Lipinski definition) is 0. The fourth-order valence-electron chi connectivity index (χ4n) is 1.39. The second-order valence-electron chi connectivity index (χ2n) is 3.48. The quantitative estimate of drug-likeness (QED) is 0.740. The molecule has 2 aromatic heterocycles. The number of rotatable bonds is 3. The number of carbonyl (C=O) groups is 1. The zero-order chi connectivity index (χ0) is 10.7. The predicted molar refractivity (Wildman–Crippen MR) is 61.3 cm³/mol. The second-order valence-corrected chi connectivity index (χ2v) is 4.26. The van der Waals surface area contributed by atoms with E-state index in [1.807, 2.05) is 29.8 Å². The van der Waals surface area contributed by atoms with Crippen LogP contribution in [0.4, 0.5) is 0 Å². The number of ketones is 1. The van der Waals surface area contributed by atoms with Crippen LogP contribution in [-0.2, 0) is 6.42 Å². The lowest BCUT2D eigenvalue weighted by Gasteiger charge is -1.99. The summed E-state index contributed by atoms with van der Waals surface area (Å²) in [4.78, 5) is 15.8. The van der Waals surface area contributed by atoms with Crippen molar-refractivity contribution in [3.8, 4) is 0 Å². The number of aryl methyl sites for hydroxylation is 1. The Kier molecular flexibility index (Phi) is 2.92.